The number of alkyl halides is 3. The van der Waals surface area contributed by atoms with Crippen LogP contribution in [0.1, 0.15) is 36.8 Å². The summed E-state index contributed by atoms with van der Waals surface area (Å²) in [4.78, 5) is 20.0. The van der Waals surface area contributed by atoms with E-state index in [9.17, 15) is 13.6 Å². The minimum atomic E-state index is -3.65. The third-order valence-electron chi connectivity index (χ3n) is 5.00. The summed E-state index contributed by atoms with van der Waals surface area (Å²) in [5.74, 6) is -5.19. The van der Waals surface area contributed by atoms with E-state index in [1.807, 2.05) is 0 Å². The minimum Gasteiger partial charge on any atom is -0.461 e. The molecule has 11 heteroatoms. The van der Waals surface area contributed by atoms with Gasteiger partial charge in [0.1, 0.15) is 17.3 Å². The van der Waals surface area contributed by atoms with Crippen LogP contribution < -0.4 is 15.8 Å². The molecule has 0 saturated carbocycles. The van der Waals surface area contributed by atoms with E-state index in [1.165, 1.54) is 18.2 Å². The Morgan fingerprint density at radius 1 is 1.23 bits per heavy atom. The van der Waals surface area contributed by atoms with Gasteiger partial charge in [0.05, 0.1) is 6.20 Å². The van der Waals surface area contributed by atoms with Crippen LogP contribution in [0.5, 0.6) is 5.75 Å². The van der Waals surface area contributed by atoms with Gasteiger partial charge in [-0.2, -0.15) is 8.78 Å². The van der Waals surface area contributed by atoms with Crippen LogP contribution in [-0.4, -0.2) is 35.3 Å². The highest BCUT2D eigenvalue weighted by Crippen LogP contribution is 2.51. The lowest BCUT2D eigenvalue weighted by atomic mass is 9.77. The summed E-state index contributed by atoms with van der Waals surface area (Å²) in [6.45, 7) is 2.24. The number of halogens is 4. The van der Waals surface area contributed by atoms with Crippen LogP contribution in [0.2, 0.25) is 0 Å². The zero-order valence-electron chi connectivity index (χ0n) is 16.9. The van der Waals surface area contributed by atoms with Crippen LogP contribution in [0.4, 0.5) is 23.2 Å². The number of nitrogens with zero attached hydrogens (tertiary/aromatic N) is 2. The van der Waals surface area contributed by atoms with Crippen LogP contribution in [0.25, 0.3) is 0 Å². The number of pyridine rings is 1. The van der Waals surface area contributed by atoms with Gasteiger partial charge in [0.2, 0.25) is 6.86 Å². The number of nitrogens with one attached hydrogen (secondary N) is 1. The quantitative estimate of drug-likeness (QED) is 0.690. The third kappa shape index (κ3) is 3.87. The van der Waals surface area contributed by atoms with Crippen molar-refractivity contribution in [2.75, 3.05) is 12.2 Å². The van der Waals surface area contributed by atoms with Gasteiger partial charge in [-0.1, -0.05) is 0 Å². The van der Waals surface area contributed by atoms with Gasteiger partial charge in [-0.25, -0.2) is 18.8 Å². The highest BCUT2D eigenvalue weighted by atomic mass is 19.3. The molecule has 1 unspecified atom stereocenters. The van der Waals surface area contributed by atoms with E-state index in [4.69, 9.17) is 10.5 Å². The number of ether oxygens (including phenoxy) is 2. The molecule has 0 aliphatic carbocycles. The normalized spacial score (nSPS) is 21.6. The SMILES string of the molecule is CC1(C)OC(N)=NC(C)(c2cc(NC(=O)c3ccc(OCF)cn3)ccc2F)C1(F)F. The van der Waals surface area contributed by atoms with Gasteiger partial charge in [0.25, 0.3) is 11.9 Å². The molecular weight excluding hydrogens is 420 g/mol. The van der Waals surface area contributed by atoms with E-state index >= 15 is 8.78 Å². The molecule has 166 valence electrons. The maximum Gasteiger partial charge on any atom is 0.315 e. The van der Waals surface area contributed by atoms with E-state index in [-0.39, 0.29) is 17.1 Å². The molecule has 3 N–H and O–H groups in total. The molecular formula is C20H20F4N4O3. The fraction of sp³-hybridized carbons (Fsp3) is 0.350. The first-order chi connectivity index (χ1) is 14.4. The summed E-state index contributed by atoms with van der Waals surface area (Å²) < 4.78 is 66.9. The molecule has 2 aromatic rings. The lowest BCUT2D eigenvalue weighted by molar-refractivity contribution is -0.207. The Morgan fingerprint density at radius 2 is 1.94 bits per heavy atom. The second kappa shape index (κ2) is 7.71. The number of amidine groups is 1. The van der Waals surface area contributed by atoms with E-state index in [0.717, 1.165) is 39.1 Å². The Morgan fingerprint density at radius 3 is 2.55 bits per heavy atom. The first kappa shape index (κ1) is 22.3. The summed E-state index contributed by atoms with van der Waals surface area (Å²) in [7, 11) is 0. The van der Waals surface area contributed by atoms with Crippen molar-refractivity contribution in [3.63, 3.8) is 0 Å². The molecule has 0 spiro atoms. The van der Waals surface area contributed by atoms with Crippen molar-refractivity contribution in [2.45, 2.75) is 37.8 Å². The fourth-order valence-corrected chi connectivity index (χ4v) is 3.29. The molecule has 1 atom stereocenters. The van der Waals surface area contributed by atoms with Crippen LogP contribution in [0.15, 0.2) is 41.5 Å². The largest absolute Gasteiger partial charge is 0.461 e. The standard InChI is InChI=1S/C20H20F4N4O3/c1-18(2)20(23,24)19(3,28-17(25)31-18)13-8-11(4-6-14(13)22)27-16(29)15-7-5-12(9-26-15)30-10-21/h4-9H,10H2,1-3H3,(H2,25,28)(H,27,29). The van der Waals surface area contributed by atoms with E-state index in [2.05, 4.69) is 20.0 Å². The molecule has 1 aromatic heterocycles. The number of anilines is 1. The molecule has 1 aromatic carbocycles. The molecule has 7 nitrogen and oxygen atoms in total. The third-order valence-corrected chi connectivity index (χ3v) is 5.00. The van der Waals surface area contributed by atoms with Crippen molar-refractivity contribution >= 4 is 17.6 Å². The molecule has 0 fully saturated rings. The second-order valence-electron chi connectivity index (χ2n) is 7.49. The van der Waals surface area contributed by atoms with Crippen molar-refractivity contribution in [2.24, 2.45) is 10.7 Å². The molecule has 1 aliphatic rings. The highest BCUT2D eigenvalue weighted by molar-refractivity contribution is 6.02. The van der Waals surface area contributed by atoms with Gasteiger partial charge in [0.15, 0.2) is 11.1 Å². The van der Waals surface area contributed by atoms with Crippen LogP contribution in [0.3, 0.4) is 0 Å². The van der Waals surface area contributed by atoms with Crippen LogP contribution in [-0.2, 0) is 10.3 Å². The van der Waals surface area contributed by atoms with Gasteiger partial charge >= 0.3 is 5.92 Å². The Kier molecular flexibility index (Phi) is 5.55. The number of benzene rings is 1. The van der Waals surface area contributed by atoms with Gasteiger partial charge in [-0.3, -0.25) is 4.79 Å². The minimum absolute atomic E-state index is 0.0300. The number of carbonyl (C=O) groups is 1. The Hall–Kier alpha value is -3.37. The average molecular weight is 440 g/mol. The lowest BCUT2D eigenvalue weighted by Crippen LogP contribution is -2.62. The molecule has 31 heavy (non-hydrogen) atoms. The number of rotatable bonds is 5. The van der Waals surface area contributed by atoms with Crippen molar-refractivity contribution in [1.29, 1.82) is 0 Å². The van der Waals surface area contributed by atoms with Gasteiger partial charge in [-0.15, -0.1) is 0 Å². The topological polar surface area (TPSA) is 98.8 Å². The molecule has 0 bridgehead atoms. The summed E-state index contributed by atoms with van der Waals surface area (Å²) >= 11 is 0. The van der Waals surface area contributed by atoms with Gasteiger partial charge < -0.3 is 20.5 Å². The number of hydrogen-bond acceptors (Lipinski definition) is 6. The Balaban J connectivity index is 1.95. The number of aliphatic imine (C=N–C) groups is 1. The molecule has 0 saturated heterocycles. The van der Waals surface area contributed by atoms with Crippen molar-refractivity contribution in [3.05, 3.63) is 53.6 Å². The molecule has 0 radical (unpaired) electrons. The number of hydrogen-bond donors (Lipinski definition) is 2. The molecule has 3 rings (SSSR count). The predicted molar refractivity (Wildman–Crippen MR) is 104 cm³/mol. The number of carbonyl (C=O) groups excluding carboxylic acids is 1. The smallest absolute Gasteiger partial charge is 0.315 e. The van der Waals surface area contributed by atoms with E-state index in [1.54, 1.807) is 0 Å². The Bertz CT molecular complexity index is 1030. The summed E-state index contributed by atoms with van der Waals surface area (Å²) in [5.41, 5.74) is 0.625. The zero-order chi connectivity index (χ0) is 23.0. The monoisotopic (exact) mass is 440 g/mol. The summed E-state index contributed by atoms with van der Waals surface area (Å²) in [6, 6.07) is 5.31. The predicted octanol–water partition coefficient (Wildman–Crippen LogP) is 3.75. The molecule has 2 heterocycles. The first-order valence-corrected chi connectivity index (χ1v) is 9.09. The average Bonchev–Trinajstić information content (AvgIpc) is 2.68. The maximum absolute atomic E-state index is 15.2. The first-order valence-electron chi connectivity index (χ1n) is 9.09. The van der Waals surface area contributed by atoms with Gasteiger partial charge in [-0.05, 0) is 51.1 Å². The van der Waals surface area contributed by atoms with E-state index < -0.39 is 47.2 Å². The number of nitrogens with two attached hydrogens (primary N) is 1. The summed E-state index contributed by atoms with van der Waals surface area (Å²) in [5, 5.41) is 2.45. The number of amides is 1. The van der Waals surface area contributed by atoms with Crippen molar-refractivity contribution < 1.29 is 31.8 Å². The fourth-order valence-electron chi connectivity index (χ4n) is 3.29. The molecule has 1 amide bonds. The Labute approximate surface area is 175 Å². The lowest BCUT2D eigenvalue weighted by Gasteiger charge is -2.46. The van der Waals surface area contributed by atoms with Gasteiger partial charge in [0, 0.05) is 11.3 Å². The maximum atomic E-state index is 15.2. The molecule has 1 aliphatic heterocycles. The van der Waals surface area contributed by atoms with E-state index in [0.29, 0.717) is 0 Å². The number of aromatic nitrogens is 1. The van der Waals surface area contributed by atoms with Crippen molar-refractivity contribution in [3.8, 4) is 5.75 Å². The second-order valence-corrected chi connectivity index (χ2v) is 7.49. The van der Waals surface area contributed by atoms with Crippen LogP contribution >= 0.6 is 0 Å². The summed E-state index contributed by atoms with van der Waals surface area (Å²) in [6.07, 6.45) is 1.15. The van der Waals surface area contributed by atoms with Crippen molar-refractivity contribution in [1.82, 2.24) is 4.98 Å². The van der Waals surface area contributed by atoms with Crippen LogP contribution in [0, 0.1) is 5.82 Å². The zero-order valence-corrected chi connectivity index (χ0v) is 16.9. The highest BCUT2D eigenvalue weighted by Gasteiger charge is 2.66.